The van der Waals surface area contributed by atoms with E-state index in [0.29, 0.717) is 0 Å². The van der Waals surface area contributed by atoms with E-state index in [-0.39, 0.29) is 12.4 Å². The Bertz CT molecular complexity index is 61.2. The molecule has 44 valence electrons. The Kier molecular flexibility index (Phi) is 5.78. The van der Waals surface area contributed by atoms with Crippen molar-refractivity contribution in [3.8, 4) is 0 Å². The van der Waals surface area contributed by atoms with Gasteiger partial charge in [0.05, 0.1) is 0 Å². The Morgan fingerprint density at radius 1 is 1.57 bits per heavy atom. The Labute approximate surface area is 47.4 Å². The molecule has 7 heavy (non-hydrogen) atoms. The van der Waals surface area contributed by atoms with E-state index in [1.54, 1.807) is 0 Å². The summed E-state index contributed by atoms with van der Waals surface area (Å²) in [6.45, 7) is 1.10. The van der Waals surface area contributed by atoms with Gasteiger partial charge >= 0.3 is 0 Å². The highest BCUT2D eigenvalue weighted by molar-refractivity contribution is 5.85. The van der Waals surface area contributed by atoms with Crippen LogP contribution in [0.3, 0.4) is 0 Å². The number of Topliss-reactive ketones (excluding diaryl/α,β-unsaturated/α-hetero) is 1. The second-order valence-corrected chi connectivity index (χ2v) is 0.984. The first kappa shape index (κ1) is 9.99. The summed E-state index contributed by atoms with van der Waals surface area (Å²) >= 11 is 0. The smallest absolute Gasteiger partial charge is 0.212 e. The van der Waals surface area contributed by atoms with Gasteiger partial charge < -0.3 is 10.2 Å². The number of aliphatic hydroxyl groups excluding tert-OH is 1. The van der Waals surface area contributed by atoms with Crippen LogP contribution in [0.1, 0.15) is 6.92 Å². The minimum absolute atomic E-state index is 0. The fourth-order valence-electron chi connectivity index (χ4n) is 0. The van der Waals surface area contributed by atoms with Crippen LogP contribution in [0.25, 0.3) is 0 Å². The van der Waals surface area contributed by atoms with Crippen LogP contribution in [0.5, 0.6) is 0 Å². The van der Waals surface area contributed by atoms with Gasteiger partial charge in [-0.15, -0.1) is 12.4 Å². The zero-order chi connectivity index (χ0) is 5.15. The summed E-state index contributed by atoms with van der Waals surface area (Å²) in [7, 11) is 0. The molecule has 0 rings (SSSR count). The number of halogens is 1. The zero-order valence-corrected chi connectivity index (χ0v) is 4.60. The fraction of sp³-hybridized carbons (Fsp3) is 0.667. The largest absolute Gasteiger partial charge is 0.362 e. The van der Waals surface area contributed by atoms with E-state index < -0.39 is 12.1 Å². The van der Waals surface area contributed by atoms with E-state index in [0.717, 1.165) is 6.92 Å². The third kappa shape index (κ3) is 5.88. The number of hydrogen-bond donors (Lipinski definition) is 2. The minimum Gasteiger partial charge on any atom is -0.362 e. The van der Waals surface area contributed by atoms with Crippen LogP contribution in [0.15, 0.2) is 0 Å². The van der Waals surface area contributed by atoms with Gasteiger partial charge in [-0.25, -0.2) is 0 Å². The number of ketones is 1. The molecule has 0 unspecified atom stereocenters. The van der Waals surface area contributed by atoms with Gasteiger partial charge in [0.15, 0.2) is 5.78 Å². The summed E-state index contributed by atoms with van der Waals surface area (Å²) in [5.41, 5.74) is 0. The summed E-state index contributed by atoms with van der Waals surface area (Å²) in [5.74, 6) is -0.630. The first-order valence-corrected chi connectivity index (χ1v) is 1.51. The lowest BCUT2D eigenvalue weighted by Crippen LogP contribution is -2.14. The number of aliphatic hydroxyl groups is 2. The summed E-state index contributed by atoms with van der Waals surface area (Å²) in [6, 6.07) is 0. The van der Waals surface area contributed by atoms with Crippen molar-refractivity contribution < 1.29 is 15.0 Å². The molecule has 0 aliphatic heterocycles. The van der Waals surface area contributed by atoms with Gasteiger partial charge in [-0.2, -0.15) is 0 Å². The highest BCUT2D eigenvalue weighted by Gasteiger charge is 1.99. The van der Waals surface area contributed by atoms with E-state index in [4.69, 9.17) is 10.2 Å². The third-order valence-corrected chi connectivity index (χ3v) is 0.364. The second-order valence-electron chi connectivity index (χ2n) is 0.984. The quantitative estimate of drug-likeness (QED) is 0.457. The van der Waals surface area contributed by atoms with Gasteiger partial charge in [0.2, 0.25) is 6.29 Å². The molecule has 0 bridgehead atoms. The highest BCUT2D eigenvalue weighted by Crippen LogP contribution is 1.72. The minimum atomic E-state index is -1.79. The van der Waals surface area contributed by atoms with Crippen LogP contribution in [0.4, 0.5) is 0 Å². The summed E-state index contributed by atoms with van der Waals surface area (Å²) in [4.78, 5) is 9.64. The molecule has 0 aliphatic carbocycles. The van der Waals surface area contributed by atoms with Crippen molar-refractivity contribution in [2.75, 3.05) is 0 Å². The predicted molar refractivity (Wildman–Crippen MR) is 26.2 cm³/mol. The first-order chi connectivity index (χ1) is 2.64. The van der Waals surface area contributed by atoms with Crippen molar-refractivity contribution in [2.24, 2.45) is 0 Å². The van der Waals surface area contributed by atoms with Gasteiger partial charge in [-0.05, 0) is 6.92 Å². The molecule has 0 aromatic carbocycles. The molecule has 0 aliphatic rings. The highest BCUT2D eigenvalue weighted by atomic mass is 35.5. The zero-order valence-electron chi connectivity index (χ0n) is 3.79. The molecule has 0 heterocycles. The molecule has 0 aromatic heterocycles. The van der Waals surface area contributed by atoms with Crippen LogP contribution in [0, 0.1) is 0 Å². The summed E-state index contributed by atoms with van der Waals surface area (Å²) in [6.07, 6.45) is -1.79. The fourth-order valence-corrected chi connectivity index (χ4v) is 0. The molecule has 0 fully saturated rings. The molecule has 4 heteroatoms. The Morgan fingerprint density at radius 2 is 1.71 bits per heavy atom. The van der Waals surface area contributed by atoms with Gasteiger partial charge in [0, 0.05) is 0 Å². The number of hydrogen-bond acceptors (Lipinski definition) is 3. The van der Waals surface area contributed by atoms with E-state index in [9.17, 15) is 4.79 Å². The van der Waals surface area contributed by atoms with Crippen molar-refractivity contribution in [3.63, 3.8) is 0 Å². The maximum atomic E-state index is 9.64. The second kappa shape index (κ2) is 4.05. The maximum absolute atomic E-state index is 9.64. The van der Waals surface area contributed by atoms with Crippen molar-refractivity contribution >= 4 is 18.2 Å². The average Bonchev–Trinajstić information content (AvgIpc) is 1.36. The van der Waals surface area contributed by atoms with Crippen molar-refractivity contribution in [1.82, 2.24) is 0 Å². The molecule has 0 radical (unpaired) electrons. The molecule has 0 saturated heterocycles. The average molecular weight is 127 g/mol. The van der Waals surface area contributed by atoms with E-state index in [1.807, 2.05) is 0 Å². The van der Waals surface area contributed by atoms with Gasteiger partial charge in [-0.3, -0.25) is 4.79 Å². The van der Waals surface area contributed by atoms with Crippen LogP contribution >= 0.6 is 12.4 Å². The topological polar surface area (TPSA) is 57.5 Å². The Balaban J connectivity index is 0. The number of carbonyl (C=O) groups is 1. The molecule has 0 atom stereocenters. The lowest BCUT2D eigenvalue weighted by atomic mass is 10.4. The van der Waals surface area contributed by atoms with Crippen molar-refractivity contribution in [1.29, 1.82) is 0 Å². The van der Waals surface area contributed by atoms with Crippen molar-refractivity contribution in [3.05, 3.63) is 0 Å². The SMILES string of the molecule is CC(=O)C(O)O.Cl. The summed E-state index contributed by atoms with van der Waals surface area (Å²) < 4.78 is 0. The van der Waals surface area contributed by atoms with Gasteiger partial charge in [-0.1, -0.05) is 0 Å². The monoisotopic (exact) mass is 126 g/mol. The molecule has 0 spiro atoms. The third-order valence-electron chi connectivity index (χ3n) is 0.364. The van der Waals surface area contributed by atoms with Crippen LogP contribution in [0.2, 0.25) is 0 Å². The number of carbonyl (C=O) groups excluding carboxylic acids is 1. The Hall–Kier alpha value is -0.120. The van der Waals surface area contributed by atoms with Crippen molar-refractivity contribution in [2.45, 2.75) is 13.2 Å². The molecule has 0 aromatic rings. The van der Waals surface area contributed by atoms with Gasteiger partial charge in [0.25, 0.3) is 0 Å². The lowest BCUT2D eigenvalue weighted by Gasteiger charge is -1.90. The molecular formula is C3H7ClO3. The first-order valence-electron chi connectivity index (χ1n) is 1.51. The molecule has 0 amide bonds. The van der Waals surface area contributed by atoms with Crippen LogP contribution in [-0.2, 0) is 4.79 Å². The van der Waals surface area contributed by atoms with E-state index >= 15 is 0 Å². The normalized spacial score (nSPS) is 8.00. The predicted octanol–water partition coefficient (Wildman–Crippen LogP) is -0.692. The van der Waals surface area contributed by atoms with Crippen LogP contribution < -0.4 is 0 Å². The standard InChI is InChI=1S/C3H6O3.ClH/c1-2(4)3(5)6;/h3,5-6H,1H3;1H. The Morgan fingerprint density at radius 3 is 1.71 bits per heavy atom. The maximum Gasteiger partial charge on any atom is 0.212 e. The van der Waals surface area contributed by atoms with E-state index in [2.05, 4.69) is 0 Å². The van der Waals surface area contributed by atoms with E-state index in [1.165, 1.54) is 0 Å². The molecular weight excluding hydrogens is 119 g/mol. The lowest BCUT2D eigenvalue weighted by molar-refractivity contribution is -0.142. The molecule has 0 saturated carbocycles. The van der Waals surface area contributed by atoms with Crippen LogP contribution in [-0.4, -0.2) is 22.3 Å². The van der Waals surface area contributed by atoms with Gasteiger partial charge in [0.1, 0.15) is 0 Å². The molecule has 3 nitrogen and oxygen atoms in total. The molecule has 2 N–H and O–H groups in total. The number of rotatable bonds is 1. The summed E-state index contributed by atoms with van der Waals surface area (Å²) in [5, 5.41) is 15.7.